The second-order valence-corrected chi connectivity index (χ2v) is 6.84. The van der Waals surface area contributed by atoms with Crippen molar-refractivity contribution in [2.24, 2.45) is 11.8 Å². The van der Waals surface area contributed by atoms with E-state index >= 15 is 0 Å². The number of ketones is 1. The van der Waals surface area contributed by atoms with E-state index in [0.29, 0.717) is 12.8 Å². The molecule has 0 aliphatic heterocycles. The van der Waals surface area contributed by atoms with Gasteiger partial charge in [-0.25, -0.2) is 0 Å². The standard InChI is InChI=1S/C22H32O5/c1-2-18-19(21(25)16-20(18)24)15-14-17(23)12-10-8-6-4-3-5-7-9-11-13-22(26)27/h3-4,7-10,14-15,17-20,23-24H,2,5-6,11-13,16H2,1H3,(H,26,27)/b4-3-,9-7-,10-8-,15-14+/t17-,18+,19-,20-/m1/s1. The molecule has 0 aromatic heterocycles. The molecule has 0 unspecified atom stereocenters. The number of hydrogen-bond donors (Lipinski definition) is 3. The molecule has 0 aromatic carbocycles. The molecule has 1 saturated carbocycles. The molecule has 0 amide bonds. The lowest BCUT2D eigenvalue weighted by atomic mass is 9.91. The topological polar surface area (TPSA) is 94.8 Å². The first-order valence-electron chi connectivity index (χ1n) is 9.69. The van der Waals surface area contributed by atoms with Crippen LogP contribution < -0.4 is 0 Å². The van der Waals surface area contributed by atoms with Crippen LogP contribution in [0.3, 0.4) is 0 Å². The fourth-order valence-corrected chi connectivity index (χ4v) is 3.18. The van der Waals surface area contributed by atoms with Crippen LogP contribution in [0.5, 0.6) is 0 Å². The molecular formula is C22H32O5. The van der Waals surface area contributed by atoms with Crippen LogP contribution in [0.1, 0.15) is 51.9 Å². The Morgan fingerprint density at radius 2 is 1.78 bits per heavy atom. The predicted octanol–water partition coefficient (Wildman–Crippen LogP) is 3.58. The number of aliphatic hydroxyl groups excluding tert-OH is 2. The number of carboxylic acid groups (broad SMARTS) is 1. The Morgan fingerprint density at radius 3 is 2.41 bits per heavy atom. The van der Waals surface area contributed by atoms with E-state index in [2.05, 4.69) is 0 Å². The summed E-state index contributed by atoms with van der Waals surface area (Å²) in [5, 5.41) is 28.4. The van der Waals surface area contributed by atoms with Crippen molar-refractivity contribution in [1.29, 1.82) is 0 Å². The van der Waals surface area contributed by atoms with Crippen molar-refractivity contribution in [3.63, 3.8) is 0 Å². The minimum Gasteiger partial charge on any atom is -0.481 e. The van der Waals surface area contributed by atoms with Crippen molar-refractivity contribution in [1.82, 2.24) is 0 Å². The average molecular weight is 376 g/mol. The van der Waals surface area contributed by atoms with Crippen LogP contribution in [-0.2, 0) is 9.59 Å². The number of carbonyl (C=O) groups excluding carboxylic acids is 1. The molecule has 5 heteroatoms. The summed E-state index contributed by atoms with van der Waals surface area (Å²) in [6.45, 7) is 1.96. The molecule has 0 heterocycles. The van der Waals surface area contributed by atoms with E-state index < -0.39 is 18.2 Å². The van der Waals surface area contributed by atoms with Gasteiger partial charge in [-0.15, -0.1) is 0 Å². The molecule has 27 heavy (non-hydrogen) atoms. The third-order valence-electron chi connectivity index (χ3n) is 4.70. The SMILES string of the molecule is CC[C@@H]1[C@H](O)CC(=O)[C@@H]1/C=C/[C@H](O)C/C=C\C/C=C\C/C=C\CCC(=O)O. The van der Waals surface area contributed by atoms with Gasteiger partial charge in [0.2, 0.25) is 0 Å². The first-order chi connectivity index (χ1) is 13.0. The summed E-state index contributed by atoms with van der Waals surface area (Å²) >= 11 is 0. The Hall–Kier alpha value is -1.98. The Kier molecular flexibility index (Phi) is 11.3. The molecule has 0 spiro atoms. The maximum atomic E-state index is 11.9. The van der Waals surface area contributed by atoms with Gasteiger partial charge in [-0.2, -0.15) is 0 Å². The molecule has 0 saturated heterocycles. The number of aliphatic hydroxyl groups is 2. The lowest BCUT2D eigenvalue weighted by Gasteiger charge is -2.16. The fraction of sp³-hybridized carbons (Fsp3) is 0.545. The molecule has 0 bridgehead atoms. The van der Waals surface area contributed by atoms with E-state index in [-0.39, 0.29) is 30.5 Å². The number of hydrogen-bond acceptors (Lipinski definition) is 4. The molecule has 0 aromatic rings. The summed E-state index contributed by atoms with van der Waals surface area (Å²) in [5.41, 5.74) is 0. The van der Waals surface area contributed by atoms with Gasteiger partial charge in [0.05, 0.1) is 12.2 Å². The second kappa shape index (κ2) is 13.2. The van der Waals surface area contributed by atoms with E-state index in [9.17, 15) is 19.8 Å². The van der Waals surface area contributed by atoms with Gasteiger partial charge in [0.15, 0.2) is 0 Å². The van der Waals surface area contributed by atoms with Crippen LogP contribution in [-0.4, -0.2) is 39.3 Å². The van der Waals surface area contributed by atoms with Crippen LogP contribution in [0.2, 0.25) is 0 Å². The average Bonchev–Trinajstić information content (AvgIpc) is 2.90. The summed E-state index contributed by atoms with van der Waals surface area (Å²) in [4.78, 5) is 22.2. The molecular weight excluding hydrogens is 344 g/mol. The fourth-order valence-electron chi connectivity index (χ4n) is 3.18. The molecule has 150 valence electrons. The van der Waals surface area contributed by atoms with Gasteiger partial charge in [-0.05, 0) is 38.0 Å². The Labute approximate surface area is 161 Å². The molecule has 1 rings (SSSR count). The first-order valence-corrected chi connectivity index (χ1v) is 9.69. The summed E-state index contributed by atoms with van der Waals surface area (Å²) in [6, 6.07) is 0. The van der Waals surface area contributed by atoms with Gasteiger partial charge in [0.25, 0.3) is 0 Å². The van der Waals surface area contributed by atoms with Crippen molar-refractivity contribution in [3.05, 3.63) is 48.6 Å². The number of allylic oxidation sites excluding steroid dienone is 6. The summed E-state index contributed by atoms with van der Waals surface area (Å²) in [5.74, 6) is -1.06. The summed E-state index contributed by atoms with van der Waals surface area (Å²) < 4.78 is 0. The highest BCUT2D eigenvalue weighted by molar-refractivity contribution is 5.85. The van der Waals surface area contributed by atoms with E-state index in [4.69, 9.17) is 5.11 Å². The quantitative estimate of drug-likeness (QED) is 0.453. The van der Waals surface area contributed by atoms with Crippen LogP contribution in [0, 0.1) is 11.8 Å². The smallest absolute Gasteiger partial charge is 0.303 e. The number of aliphatic carboxylic acids is 1. The van der Waals surface area contributed by atoms with Crippen LogP contribution >= 0.6 is 0 Å². The van der Waals surface area contributed by atoms with E-state index in [1.807, 2.05) is 43.4 Å². The van der Waals surface area contributed by atoms with Crippen LogP contribution in [0.25, 0.3) is 0 Å². The summed E-state index contributed by atoms with van der Waals surface area (Å²) in [6.07, 6.45) is 17.7. The van der Waals surface area contributed by atoms with Crippen LogP contribution in [0.15, 0.2) is 48.6 Å². The molecule has 4 atom stereocenters. The number of Topliss-reactive ketones (excluding diaryl/α,β-unsaturated/α-hetero) is 1. The van der Waals surface area contributed by atoms with Gasteiger partial charge in [-0.1, -0.05) is 55.5 Å². The van der Waals surface area contributed by atoms with Crippen molar-refractivity contribution < 1.29 is 24.9 Å². The normalized spacial score (nSPS) is 24.9. The molecule has 0 radical (unpaired) electrons. The zero-order chi connectivity index (χ0) is 20.1. The highest BCUT2D eigenvalue weighted by Gasteiger charge is 2.38. The monoisotopic (exact) mass is 376 g/mol. The predicted molar refractivity (Wildman–Crippen MR) is 106 cm³/mol. The van der Waals surface area contributed by atoms with Crippen molar-refractivity contribution in [2.45, 2.75) is 64.1 Å². The number of carbonyl (C=O) groups is 2. The van der Waals surface area contributed by atoms with Crippen molar-refractivity contribution in [3.8, 4) is 0 Å². The van der Waals surface area contributed by atoms with Gasteiger partial charge in [-0.3, -0.25) is 9.59 Å². The molecule has 3 N–H and O–H groups in total. The third-order valence-corrected chi connectivity index (χ3v) is 4.70. The highest BCUT2D eigenvalue weighted by atomic mass is 16.4. The Bertz CT molecular complexity index is 573. The van der Waals surface area contributed by atoms with E-state index in [0.717, 1.165) is 19.3 Å². The Balaban J connectivity index is 2.22. The van der Waals surface area contributed by atoms with Gasteiger partial charge in [0, 0.05) is 18.8 Å². The van der Waals surface area contributed by atoms with E-state index in [1.165, 1.54) is 0 Å². The van der Waals surface area contributed by atoms with Gasteiger partial charge < -0.3 is 15.3 Å². The summed E-state index contributed by atoms with van der Waals surface area (Å²) in [7, 11) is 0. The maximum absolute atomic E-state index is 11.9. The molecule has 1 aliphatic rings. The minimum absolute atomic E-state index is 0.0418. The second-order valence-electron chi connectivity index (χ2n) is 6.84. The van der Waals surface area contributed by atoms with Crippen LogP contribution in [0.4, 0.5) is 0 Å². The maximum Gasteiger partial charge on any atom is 0.303 e. The zero-order valence-corrected chi connectivity index (χ0v) is 16.0. The van der Waals surface area contributed by atoms with Gasteiger partial charge in [0.1, 0.15) is 5.78 Å². The largest absolute Gasteiger partial charge is 0.481 e. The third kappa shape index (κ3) is 9.50. The molecule has 5 nitrogen and oxygen atoms in total. The number of rotatable bonds is 12. The first kappa shape index (κ1) is 23.1. The lowest BCUT2D eigenvalue weighted by Crippen LogP contribution is -2.18. The minimum atomic E-state index is -0.782. The zero-order valence-electron chi connectivity index (χ0n) is 16.0. The Morgan fingerprint density at radius 1 is 1.15 bits per heavy atom. The van der Waals surface area contributed by atoms with Gasteiger partial charge >= 0.3 is 5.97 Å². The van der Waals surface area contributed by atoms with Crippen molar-refractivity contribution >= 4 is 11.8 Å². The number of carboxylic acids is 1. The van der Waals surface area contributed by atoms with E-state index in [1.54, 1.807) is 12.2 Å². The molecule has 1 aliphatic carbocycles. The molecule has 1 fully saturated rings. The lowest BCUT2D eigenvalue weighted by molar-refractivity contribution is -0.136. The highest BCUT2D eigenvalue weighted by Crippen LogP contribution is 2.32. The van der Waals surface area contributed by atoms with Crippen molar-refractivity contribution in [2.75, 3.05) is 0 Å².